The van der Waals surface area contributed by atoms with Crippen LogP contribution < -0.4 is 4.74 Å². The van der Waals surface area contributed by atoms with Gasteiger partial charge < -0.3 is 14.9 Å². The summed E-state index contributed by atoms with van der Waals surface area (Å²) in [7, 11) is 0. The van der Waals surface area contributed by atoms with E-state index in [2.05, 4.69) is 4.98 Å². The number of hydrogen-bond acceptors (Lipinski definition) is 4. The molecule has 2 N–H and O–H groups in total. The Bertz CT molecular complexity index is 703. The Hall–Kier alpha value is -1.28. The van der Waals surface area contributed by atoms with E-state index in [0.29, 0.717) is 20.1 Å². The third kappa shape index (κ3) is 2.76. The normalized spacial score (nSPS) is 11.1. The molecule has 0 unspecified atom stereocenters. The zero-order valence-corrected chi connectivity index (χ0v) is 13.6. The van der Waals surface area contributed by atoms with Crippen molar-refractivity contribution in [1.29, 1.82) is 0 Å². The first-order valence-corrected chi connectivity index (χ1v) is 7.18. The van der Waals surface area contributed by atoms with E-state index in [-0.39, 0.29) is 11.3 Å². The SMILES string of the molecule is CC(C)Oc1cc(I)c2c(O)c(C(=O)O)nc(Cl)c2c1. The summed E-state index contributed by atoms with van der Waals surface area (Å²) >= 11 is 8.01. The van der Waals surface area contributed by atoms with E-state index in [1.807, 2.05) is 36.4 Å². The van der Waals surface area contributed by atoms with Crippen molar-refractivity contribution in [3.05, 3.63) is 26.5 Å². The Balaban J connectivity index is 2.77. The van der Waals surface area contributed by atoms with E-state index >= 15 is 0 Å². The lowest BCUT2D eigenvalue weighted by Gasteiger charge is -2.13. The molecule has 5 nitrogen and oxygen atoms in total. The maximum Gasteiger partial charge on any atom is 0.358 e. The van der Waals surface area contributed by atoms with Crippen molar-refractivity contribution in [3.63, 3.8) is 0 Å². The van der Waals surface area contributed by atoms with Gasteiger partial charge in [-0.1, -0.05) is 11.6 Å². The summed E-state index contributed by atoms with van der Waals surface area (Å²) in [5.74, 6) is -1.13. The highest BCUT2D eigenvalue weighted by atomic mass is 127. The first-order valence-electron chi connectivity index (χ1n) is 5.73. The molecule has 2 rings (SSSR count). The number of fused-ring (bicyclic) bond motifs is 1. The van der Waals surface area contributed by atoms with Gasteiger partial charge in [0.25, 0.3) is 0 Å². The van der Waals surface area contributed by atoms with Crippen molar-refractivity contribution in [2.75, 3.05) is 0 Å². The molecule has 0 amide bonds. The average Bonchev–Trinajstić information content (AvgIpc) is 2.31. The molecule has 1 aromatic carbocycles. The zero-order valence-electron chi connectivity index (χ0n) is 10.6. The zero-order chi connectivity index (χ0) is 15.0. The first-order chi connectivity index (χ1) is 9.31. The largest absolute Gasteiger partial charge is 0.505 e. The van der Waals surface area contributed by atoms with Crippen LogP contribution in [0.2, 0.25) is 5.15 Å². The molecule has 2 aromatic rings. The number of carboxylic acid groups (broad SMARTS) is 1. The summed E-state index contributed by atoms with van der Waals surface area (Å²) < 4.78 is 6.23. The number of aromatic carboxylic acids is 1. The molecule has 0 saturated heterocycles. The molecule has 0 aliphatic heterocycles. The van der Waals surface area contributed by atoms with Gasteiger partial charge in [-0.15, -0.1) is 0 Å². The van der Waals surface area contributed by atoms with Gasteiger partial charge in [-0.25, -0.2) is 9.78 Å². The molecule has 1 aromatic heterocycles. The maximum absolute atomic E-state index is 11.0. The van der Waals surface area contributed by atoms with Gasteiger partial charge in [0.2, 0.25) is 0 Å². The van der Waals surface area contributed by atoms with Gasteiger partial charge in [0, 0.05) is 14.3 Å². The fourth-order valence-electron chi connectivity index (χ4n) is 1.80. The Kier molecular flexibility index (Phi) is 4.24. The summed E-state index contributed by atoms with van der Waals surface area (Å²) in [6.45, 7) is 3.78. The van der Waals surface area contributed by atoms with E-state index in [0.717, 1.165) is 0 Å². The number of hydrogen-bond donors (Lipinski definition) is 2. The van der Waals surface area contributed by atoms with Gasteiger partial charge in [-0.3, -0.25) is 0 Å². The van der Waals surface area contributed by atoms with Crippen LogP contribution in [-0.4, -0.2) is 27.3 Å². The number of nitrogens with zero attached hydrogens (tertiary/aromatic N) is 1. The summed E-state index contributed by atoms with van der Waals surface area (Å²) in [5.41, 5.74) is -0.460. The molecule has 0 bridgehead atoms. The fourth-order valence-corrected chi connectivity index (χ4v) is 2.89. The number of carboxylic acids is 1. The molecule has 7 heteroatoms. The van der Waals surface area contributed by atoms with Gasteiger partial charge in [0.05, 0.1) is 6.10 Å². The highest BCUT2D eigenvalue weighted by Crippen LogP contribution is 2.38. The standard InChI is InChI=1S/C13H11ClINO4/c1-5(2)20-6-3-7-9(8(15)4-6)11(17)10(13(18)19)16-12(7)14/h3-5,17H,1-2H3,(H,18,19). The maximum atomic E-state index is 11.0. The summed E-state index contributed by atoms with van der Waals surface area (Å²) in [6.07, 6.45) is -0.0122. The molecule has 0 fully saturated rings. The predicted molar refractivity (Wildman–Crippen MR) is 83.9 cm³/mol. The van der Waals surface area contributed by atoms with Crippen LogP contribution in [0.25, 0.3) is 10.8 Å². The highest BCUT2D eigenvalue weighted by Gasteiger charge is 2.20. The molecule has 0 aliphatic carbocycles. The van der Waals surface area contributed by atoms with Crippen LogP contribution in [0.4, 0.5) is 0 Å². The number of ether oxygens (including phenoxy) is 1. The van der Waals surface area contributed by atoms with Crippen molar-refractivity contribution in [2.24, 2.45) is 0 Å². The molecule has 0 aliphatic rings. The molecular formula is C13H11ClINO4. The van der Waals surface area contributed by atoms with Crippen LogP contribution >= 0.6 is 34.2 Å². The lowest BCUT2D eigenvalue weighted by atomic mass is 10.1. The molecule has 1 heterocycles. The van der Waals surface area contributed by atoms with Gasteiger partial charge in [0.15, 0.2) is 11.4 Å². The van der Waals surface area contributed by atoms with Crippen molar-refractivity contribution in [3.8, 4) is 11.5 Å². The smallest absolute Gasteiger partial charge is 0.358 e. The number of carbonyl (C=O) groups is 1. The number of aromatic nitrogens is 1. The average molecular weight is 408 g/mol. The third-order valence-electron chi connectivity index (χ3n) is 2.53. The van der Waals surface area contributed by atoms with E-state index in [4.69, 9.17) is 21.4 Å². The lowest BCUT2D eigenvalue weighted by molar-refractivity contribution is 0.0687. The lowest BCUT2D eigenvalue weighted by Crippen LogP contribution is -2.06. The van der Waals surface area contributed by atoms with E-state index in [9.17, 15) is 9.90 Å². The Morgan fingerprint density at radius 2 is 2.10 bits per heavy atom. The van der Waals surface area contributed by atoms with E-state index in [1.165, 1.54) is 0 Å². The van der Waals surface area contributed by atoms with Crippen molar-refractivity contribution >= 4 is 50.9 Å². The summed E-state index contributed by atoms with van der Waals surface area (Å²) in [4.78, 5) is 14.8. The fraction of sp³-hybridized carbons (Fsp3) is 0.231. The van der Waals surface area contributed by atoms with Gasteiger partial charge >= 0.3 is 5.97 Å². The number of benzene rings is 1. The number of aromatic hydroxyl groups is 1. The molecule has 0 atom stereocenters. The van der Waals surface area contributed by atoms with Gasteiger partial charge in [-0.2, -0.15) is 0 Å². The molecule has 20 heavy (non-hydrogen) atoms. The second-order valence-corrected chi connectivity index (χ2v) is 5.92. The van der Waals surface area contributed by atoms with Crippen molar-refractivity contribution in [1.82, 2.24) is 4.98 Å². The van der Waals surface area contributed by atoms with Crippen LogP contribution in [0.3, 0.4) is 0 Å². The third-order valence-corrected chi connectivity index (χ3v) is 3.67. The van der Waals surface area contributed by atoms with Crippen LogP contribution in [0.5, 0.6) is 11.5 Å². The van der Waals surface area contributed by atoms with Crippen LogP contribution in [-0.2, 0) is 0 Å². The van der Waals surface area contributed by atoms with Gasteiger partial charge in [-0.05, 0) is 48.6 Å². The van der Waals surface area contributed by atoms with Crippen LogP contribution in [0.1, 0.15) is 24.3 Å². The number of pyridine rings is 1. The minimum atomic E-state index is -1.33. The molecule has 0 radical (unpaired) electrons. The van der Waals surface area contributed by atoms with Crippen LogP contribution in [0.15, 0.2) is 12.1 Å². The molecular weight excluding hydrogens is 397 g/mol. The highest BCUT2D eigenvalue weighted by molar-refractivity contribution is 14.1. The minimum Gasteiger partial charge on any atom is -0.505 e. The van der Waals surface area contributed by atoms with E-state index < -0.39 is 17.4 Å². The predicted octanol–water partition coefficient (Wildman–Crippen LogP) is 3.68. The number of rotatable bonds is 3. The minimum absolute atomic E-state index is 0.0122. The monoisotopic (exact) mass is 407 g/mol. The van der Waals surface area contributed by atoms with Crippen LogP contribution in [0, 0.1) is 3.57 Å². The summed E-state index contributed by atoms with van der Waals surface area (Å²) in [5, 5.41) is 19.9. The second kappa shape index (κ2) is 5.61. The number of halogens is 2. The molecule has 106 valence electrons. The van der Waals surface area contributed by atoms with E-state index in [1.54, 1.807) is 12.1 Å². The topological polar surface area (TPSA) is 79.7 Å². The van der Waals surface area contributed by atoms with Gasteiger partial charge in [0.1, 0.15) is 10.9 Å². The molecule has 0 spiro atoms. The quantitative estimate of drug-likeness (QED) is 0.599. The van der Waals surface area contributed by atoms with Crippen molar-refractivity contribution in [2.45, 2.75) is 20.0 Å². The second-order valence-electron chi connectivity index (χ2n) is 4.40. The Morgan fingerprint density at radius 3 is 2.65 bits per heavy atom. The molecule has 0 saturated carbocycles. The first kappa shape index (κ1) is 15.1. The summed E-state index contributed by atoms with van der Waals surface area (Å²) in [6, 6.07) is 3.35. The Morgan fingerprint density at radius 1 is 1.45 bits per heavy atom. The van der Waals surface area contributed by atoms with Crippen molar-refractivity contribution < 1.29 is 19.7 Å². The Labute approximate surface area is 133 Å².